The van der Waals surface area contributed by atoms with Gasteiger partial charge >= 0.3 is 0 Å². The first-order valence-corrected chi connectivity index (χ1v) is 6.23. The predicted octanol–water partition coefficient (Wildman–Crippen LogP) is 2.93. The number of hydrogen-bond donors (Lipinski definition) is 1. The zero-order chi connectivity index (χ0) is 10.1. The molecule has 15 heavy (non-hydrogen) atoms. The van der Waals surface area contributed by atoms with Gasteiger partial charge in [-0.05, 0) is 37.3 Å². The summed E-state index contributed by atoms with van der Waals surface area (Å²) >= 11 is 0. The maximum absolute atomic E-state index is 3.71. The fraction of sp³-hybridized carbons (Fsp3) is 0.571. The van der Waals surface area contributed by atoms with E-state index in [1.54, 1.807) is 5.56 Å². The van der Waals surface area contributed by atoms with Crippen molar-refractivity contribution in [2.75, 3.05) is 6.54 Å². The molecule has 1 aromatic rings. The monoisotopic (exact) mass is 201 g/mol. The Kier molecular flexibility index (Phi) is 2.49. The second-order valence-corrected chi connectivity index (χ2v) is 4.98. The lowest BCUT2D eigenvalue weighted by atomic mass is 9.74. The van der Waals surface area contributed by atoms with E-state index in [1.165, 1.54) is 32.2 Å². The van der Waals surface area contributed by atoms with Crippen LogP contribution in [0.5, 0.6) is 0 Å². The molecule has 0 radical (unpaired) electrons. The summed E-state index contributed by atoms with van der Waals surface area (Å²) in [6.07, 6.45) is 5.66. The van der Waals surface area contributed by atoms with Crippen molar-refractivity contribution in [2.45, 2.75) is 37.6 Å². The molecular weight excluding hydrogens is 182 g/mol. The zero-order valence-corrected chi connectivity index (χ0v) is 9.15. The lowest BCUT2D eigenvalue weighted by molar-refractivity contribution is 0.232. The standard InChI is InChI=1S/C14H19N/c1-2-5-11(6-3-1)13-9-10-15-14(13)12-7-4-8-12/h1-3,5-6,12-15H,4,7-10H2. The molecule has 0 bridgehead atoms. The molecule has 1 nitrogen and oxygen atoms in total. The highest BCUT2D eigenvalue weighted by Crippen LogP contribution is 2.39. The van der Waals surface area contributed by atoms with E-state index in [1.807, 2.05) is 0 Å². The molecule has 80 valence electrons. The molecule has 2 atom stereocenters. The third kappa shape index (κ3) is 1.69. The average Bonchev–Trinajstić information content (AvgIpc) is 2.65. The molecule has 0 spiro atoms. The Morgan fingerprint density at radius 2 is 1.80 bits per heavy atom. The van der Waals surface area contributed by atoms with Crippen LogP contribution in [0.15, 0.2) is 30.3 Å². The van der Waals surface area contributed by atoms with Crippen LogP contribution >= 0.6 is 0 Å². The Morgan fingerprint density at radius 3 is 2.47 bits per heavy atom. The molecule has 0 amide bonds. The van der Waals surface area contributed by atoms with Gasteiger partial charge < -0.3 is 5.32 Å². The van der Waals surface area contributed by atoms with Gasteiger partial charge in [-0.15, -0.1) is 0 Å². The first-order chi connectivity index (χ1) is 7.45. The average molecular weight is 201 g/mol. The second kappa shape index (κ2) is 3.97. The number of nitrogens with one attached hydrogen (secondary N) is 1. The van der Waals surface area contributed by atoms with Gasteiger partial charge in [0, 0.05) is 12.0 Å². The minimum Gasteiger partial charge on any atom is -0.313 e. The van der Waals surface area contributed by atoms with E-state index in [2.05, 4.69) is 35.6 Å². The summed E-state index contributed by atoms with van der Waals surface area (Å²) in [6.45, 7) is 1.21. The molecule has 2 unspecified atom stereocenters. The van der Waals surface area contributed by atoms with Crippen LogP contribution < -0.4 is 5.32 Å². The highest BCUT2D eigenvalue weighted by Gasteiger charge is 2.36. The maximum Gasteiger partial charge on any atom is 0.0164 e. The number of benzene rings is 1. The minimum atomic E-state index is 0.765. The van der Waals surface area contributed by atoms with E-state index >= 15 is 0 Å². The van der Waals surface area contributed by atoms with Crippen molar-refractivity contribution >= 4 is 0 Å². The molecule has 1 saturated carbocycles. The predicted molar refractivity (Wildman–Crippen MR) is 62.9 cm³/mol. The molecule has 1 aromatic carbocycles. The lowest BCUT2D eigenvalue weighted by Gasteiger charge is -2.35. The van der Waals surface area contributed by atoms with E-state index in [9.17, 15) is 0 Å². The van der Waals surface area contributed by atoms with Gasteiger partial charge in [0.1, 0.15) is 0 Å². The Morgan fingerprint density at radius 1 is 1.00 bits per heavy atom. The summed E-state index contributed by atoms with van der Waals surface area (Å²) in [5, 5.41) is 3.71. The van der Waals surface area contributed by atoms with Crippen molar-refractivity contribution in [3.05, 3.63) is 35.9 Å². The normalized spacial score (nSPS) is 31.5. The SMILES string of the molecule is c1ccc(C2CCNC2C2CCC2)cc1. The summed E-state index contributed by atoms with van der Waals surface area (Å²) in [6, 6.07) is 11.8. The smallest absolute Gasteiger partial charge is 0.0164 e. The molecular formula is C14H19N. The van der Waals surface area contributed by atoms with E-state index in [4.69, 9.17) is 0 Å². The quantitative estimate of drug-likeness (QED) is 0.775. The topological polar surface area (TPSA) is 12.0 Å². The van der Waals surface area contributed by atoms with Gasteiger partial charge in [-0.1, -0.05) is 36.8 Å². The minimum absolute atomic E-state index is 0.765. The lowest BCUT2D eigenvalue weighted by Crippen LogP contribution is -2.37. The Hall–Kier alpha value is -0.820. The molecule has 0 aromatic heterocycles. The molecule has 2 fully saturated rings. The summed E-state index contributed by atoms with van der Waals surface area (Å²) < 4.78 is 0. The van der Waals surface area contributed by atoms with Crippen molar-refractivity contribution in [3.63, 3.8) is 0 Å². The fourth-order valence-electron chi connectivity index (χ4n) is 3.10. The van der Waals surface area contributed by atoms with E-state index in [-0.39, 0.29) is 0 Å². The molecule has 1 heteroatoms. The molecule has 3 rings (SSSR count). The van der Waals surface area contributed by atoms with Crippen molar-refractivity contribution in [2.24, 2.45) is 5.92 Å². The van der Waals surface area contributed by atoms with E-state index in [0.29, 0.717) is 0 Å². The summed E-state index contributed by atoms with van der Waals surface area (Å²) in [5.74, 6) is 1.73. The van der Waals surface area contributed by atoms with Crippen LogP contribution in [0.2, 0.25) is 0 Å². The highest BCUT2D eigenvalue weighted by atomic mass is 15.0. The highest BCUT2D eigenvalue weighted by molar-refractivity contribution is 5.23. The van der Waals surface area contributed by atoms with Crippen molar-refractivity contribution in [1.29, 1.82) is 0 Å². The van der Waals surface area contributed by atoms with Crippen LogP contribution in [0, 0.1) is 5.92 Å². The van der Waals surface area contributed by atoms with Gasteiger partial charge in [-0.2, -0.15) is 0 Å². The third-order valence-corrected chi connectivity index (χ3v) is 4.15. The van der Waals surface area contributed by atoms with Crippen LogP contribution in [-0.4, -0.2) is 12.6 Å². The number of hydrogen-bond acceptors (Lipinski definition) is 1. The second-order valence-electron chi connectivity index (χ2n) is 4.98. The van der Waals surface area contributed by atoms with Gasteiger partial charge in [0.25, 0.3) is 0 Å². The van der Waals surface area contributed by atoms with Crippen LogP contribution in [0.4, 0.5) is 0 Å². The van der Waals surface area contributed by atoms with Crippen LogP contribution in [-0.2, 0) is 0 Å². The van der Waals surface area contributed by atoms with Crippen molar-refractivity contribution in [3.8, 4) is 0 Å². The molecule has 1 aliphatic carbocycles. The van der Waals surface area contributed by atoms with Crippen molar-refractivity contribution in [1.82, 2.24) is 5.32 Å². The largest absolute Gasteiger partial charge is 0.313 e. The molecule has 2 aliphatic rings. The Bertz CT molecular complexity index is 315. The third-order valence-electron chi connectivity index (χ3n) is 4.15. The molecule has 1 heterocycles. The van der Waals surface area contributed by atoms with Gasteiger partial charge in [-0.3, -0.25) is 0 Å². The maximum atomic E-state index is 3.71. The molecule has 1 N–H and O–H groups in total. The van der Waals surface area contributed by atoms with Crippen LogP contribution in [0.25, 0.3) is 0 Å². The summed E-state index contributed by atoms with van der Waals surface area (Å²) in [5.41, 5.74) is 1.54. The van der Waals surface area contributed by atoms with E-state index in [0.717, 1.165) is 17.9 Å². The molecule has 1 aliphatic heterocycles. The Labute approximate surface area is 91.9 Å². The number of rotatable bonds is 2. The molecule has 1 saturated heterocycles. The Balaban J connectivity index is 1.79. The first-order valence-electron chi connectivity index (χ1n) is 6.23. The van der Waals surface area contributed by atoms with Gasteiger partial charge in [-0.25, -0.2) is 0 Å². The summed E-state index contributed by atoms with van der Waals surface area (Å²) in [7, 11) is 0. The van der Waals surface area contributed by atoms with Crippen molar-refractivity contribution < 1.29 is 0 Å². The van der Waals surface area contributed by atoms with Crippen LogP contribution in [0.1, 0.15) is 37.2 Å². The fourth-order valence-corrected chi connectivity index (χ4v) is 3.10. The van der Waals surface area contributed by atoms with E-state index < -0.39 is 0 Å². The van der Waals surface area contributed by atoms with Crippen LogP contribution in [0.3, 0.4) is 0 Å². The van der Waals surface area contributed by atoms with Gasteiger partial charge in [0.2, 0.25) is 0 Å². The van der Waals surface area contributed by atoms with Gasteiger partial charge in [0.15, 0.2) is 0 Å². The van der Waals surface area contributed by atoms with Gasteiger partial charge in [0.05, 0.1) is 0 Å². The summed E-state index contributed by atoms with van der Waals surface area (Å²) in [4.78, 5) is 0. The first kappa shape index (κ1) is 9.41. The zero-order valence-electron chi connectivity index (χ0n) is 9.15.